The second-order valence-electron chi connectivity index (χ2n) is 2.69. The second-order valence-corrected chi connectivity index (χ2v) is 3.20. The van der Waals surface area contributed by atoms with Crippen LogP contribution in [0, 0.1) is 5.82 Å². The van der Waals surface area contributed by atoms with Crippen molar-refractivity contribution in [3.8, 4) is 0 Å². The Morgan fingerprint density at radius 1 is 1.29 bits per heavy atom. The maximum absolute atomic E-state index is 12.7. The molecule has 1 unspecified atom stereocenters. The van der Waals surface area contributed by atoms with Gasteiger partial charge in [0.1, 0.15) is 11.9 Å². The highest BCUT2D eigenvalue weighted by Gasteiger charge is 2.37. The van der Waals surface area contributed by atoms with E-state index < -0.39 is 17.2 Å². The minimum Gasteiger partial charge on any atom is -0.271 e. The normalized spacial score (nSPS) is 14.1. The van der Waals surface area contributed by atoms with Crippen molar-refractivity contribution in [1.82, 2.24) is 5.43 Å². The Labute approximate surface area is 83.8 Å². The average Bonchev–Trinajstić information content (AvgIpc) is 2.07. The van der Waals surface area contributed by atoms with Crippen molar-refractivity contribution in [2.75, 3.05) is 0 Å². The van der Waals surface area contributed by atoms with Crippen LogP contribution in [0.2, 0.25) is 0 Å². The Morgan fingerprint density at radius 3 is 2.14 bits per heavy atom. The molecule has 3 N–H and O–H groups in total. The average molecular weight is 225 g/mol. The van der Waals surface area contributed by atoms with Crippen molar-refractivity contribution in [3.63, 3.8) is 0 Å². The standard InChI is InChI=1S/C8H8ClF3N2/c9-8(11,12)7(14-13)5-1-3-6(10)4-2-5/h1-4,7,14H,13H2. The van der Waals surface area contributed by atoms with Gasteiger partial charge < -0.3 is 0 Å². The minimum atomic E-state index is -3.52. The van der Waals surface area contributed by atoms with Gasteiger partial charge >= 0.3 is 5.38 Å². The molecule has 0 aliphatic rings. The molecular weight excluding hydrogens is 217 g/mol. The van der Waals surface area contributed by atoms with E-state index in [0.29, 0.717) is 0 Å². The third kappa shape index (κ3) is 2.60. The molecule has 78 valence electrons. The molecular formula is C8H8ClF3N2. The lowest BCUT2D eigenvalue weighted by molar-refractivity contribution is 0.0497. The van der Waals surface area contributed by atoms with E-state index in [-0.39, 0.29) is 5.56 Å². The van der Waals surface area contributed by atoms with Crippen molar-refractivity contribution >= 4 is 11.6 Å². The van der Waals surface area contributed by atoms with Crippen LogP contribution in [0.15, 0.2) is 24.3 Å². The summed E-state index contributed by atoms with van der Waals surface area (Å²) in [5, 5.41) is -3.52. The molecule has 1 aromatic carbocycles. The summed E-state index contributed by atoms with van der Waals surface area (Å²) in [5.74, 6) is 4.41. The van der Waals surface area contributed by atoms with Crippen LogP contribution in [0.1, 0.15) is 11.6 Å². The molecule has 2 nitrogen and oxygen atoms in total. The molecule has 0 bridgehead atoms. The van der Waals surface area contributed by atoms with E-state index in [2.05, 4.69) is 0 Å². The number of benzene rings is 1. The summed E-state index contributed by atoms with van der Waals surface area (Å²) in [5.41, 5.74) is 1.99. The molecule has 0 saturated carbocycles. The maximum Gasteiger partial charge on any atom is 0.342 e. The van der Waals surface area contributed by atoms with Crippen LogP contribution in [0.25, 0.3) is 0 Å². The molecule has 0 heterocycles. The zero-order valence-corrected chi connectivity index (χ0v) is 7.73. The Bertz CT molecular complexity index is 296. The number of hydrogen-bond donors (Lipinski definition) is 2. The number of halogens is 4. The summed E-state index contributed by atoms with van der Waals surface area (Å²) in [7, 11) is 0. The first-order valence-electron chi connectivity index (χ1n) is 3.73. The summed E-state index contributed by atoms with van der Waals surface area (Å²) in [6, 6.07) is 2.96. The SMILES string of the molecule is NNC(c1ccc(F)cc1)C(F)(F)Cl. The van der Waals surface area contributed by atoms with Crippen LogP contribution in [0.5, 0.6) is 0 Å². The number of nitrogens with two attached hydrogens (primary N) is 1. The largest absolute Gasteiger partial charge is 0.342 e. The van der Waals surface area contributed by atoms with E-state index in [0.717, 1.165) is 12.1 Å². The fourth-order valence-electron chi connectivity index (χ4n) is 1.03. The first-order valence-corrected chi connectivity index (χ1v) is 4.11. The number of hydrogen-bond acceptors (Lipinski definition) is 2. The highest BCUT2D eigenvalue weighted by molar-refractivity contribution is 6.22. The van der Waals surface area contributed by atoms with Gasteiger partial charge in [-0.2, -0.15) is 8.78 Å². The molecule has 0 fully saturated rings. The highest BCUT2D eigenvalue weighted by Crippen LogP contribution is 2.34. The quantitative estimate of drug-likeness (QED) is 0.469. The van der Waals surface area contributed by atoms with Crippen molar-refractivity contribution in [2.24, 2.45) is 5.84 Å². The molecule has 0 saturated heterocycles. The van der Waals surface area contributed by atoms with E-state index in [4.69, 9.17) is 17.4 Å². The first-order chi connectivity index (χ1) is 6.45. The molecule has 1 rings (SSSR count). The van der Waals surface area contributed by atoms with Gasteiger partial charge in [-0.15, -0.1) is 0 Å². The third-order valence-electron chi connectivity index (χ3n) is 1.70. The molecule has 0 amide bonds. The second kappa shape index (κ2) is 4.16. The first kappa shape index (κ1) is 11.3. The molecule has 14 heavy (non-hydrogen) atoms. The zero-order valence-electron chi connectivity index (χ0n) is 6.98. The number of alkyl halides is 3. The molecule has 6 heteroatoms. The summed E-state index contributed by atoms with van der Waals surface area (Å²) in [6.07, 6.45) is 0. The summed E-state index contributed by atoms with van der Waals surface area (Å²) in [4.78, 5) is 0. The van der Waals surface area contributed by atoms with E-state index >= 15 is 0 Å². The van der Waals surface area contributed by atoms with Gasteiger partial charge in [-0.05, 0) is 29.3 Å². The molecule has 0 spiro atoms. The van der Waals surface area contributed by atoms with Crippen LogP contribution in [-0.2, 0) is 0 Å². The van der Waals surface area contributed by atoms with Crippen LogP contribution >= 0.6 is 11.6 Å². The maximum atomic E-state index is 12.7. The topological polar surface area (TPSA) is 38.0 Å². The lowest BCUT2D eigenvalue weighted by Crippen LogP contribution is -2.37. The van der Waals surface area contributed by atoms with Crippen LogP contribution in [0.3, 0.4) is 0 Å². The van der Waals surface area contributed by atoms with Crippen LogP contribution in [-0.4, -0.2) is 5.38 Å². The minimum absolute atomic E-state index is 0.119. The Hall–Kier alpha value is -0.780. The molecule has 0 radical (unpaired) electrons. The summed E-state index contributed by atoms with van der Waals surface area (Å²) in [6.45, 7) is 0. The van der Waals surface area contributed by atoms with Crippen molar-refractivity contribution in [2.45, 2.75) is 11.4 Å². The molecule has 1 aromatic rings. The van der Waals surface area contributed by atoms with Gasteiger partial charge in [0.2, 0.25) is 0 Å². The van der Waals surface area contributed by atoms with Gasteiger partial charge in [0.25, 0.3) is 0 Å². The number of hydrazine groups is 1. The van der Waals surface area contributed by atoms with Gasteiger partial charge in [-0.1, -0.05) is 12.1 Å². The third-order valence-corrected chi connectivity index (χ3v) is 1.92. The smallest absolute Gasteiger partial charge is 0.271 e. The number of nitrogens with one attached hydrogen (secondary N) is 1. The predicted octanol–water partition coefficient (Wildman–Crippen LogP) is 2.16. The molecule has 0 aliphatic heterocycles. The fraction of sp³-hybridized carbons (Fsp3) is 0.250. The van der Waals surface area contributed by atoms with E-state index in [1.54, 1.807) is 0 Å². The molecule has 0 aliphatic carbocycles. The molecule has 1 atom stereocenters. The van der Waals surface area contributed by atoms with Crippen LogP contribution < -0.4 is 11.3 Å². The van der Waals surface area contributed by atoms with E-state index in [9.17, 15) is 13.2 Å². The Kier molecular flexibility index (Phi) is 3.36. The van der Waals surface area contributed by atoms with Crippen molar-refractivity contribution < 1.29 is 13.2 Å². The van der Waals surface area contributed by atoms with Gasteiger partial charge in [0.15, 0.2) is 0 Å². The van der Waals surface area contributed by atoms with Crippen molar-refractivity contribution in [1.29, 1.82) is 0 Å². The Balaban J connectivity index is 2.96. The summed E-state index contributed by atoms with van der Waals surface area (Å²) >= 11 is 4.80. The van der Waals surface area contributed by atoms with Crippen LogP contribution in [0.4, 0.5) is 13.2 Å². The Morgan fingerprint density at radius 2 is 1.79 bits per heavy atom. The lowest BCUT2D eigenvalue weighted by atomic mass is 10.1. The van der Waals surface area contributed by atoms with Gasteiger partial charge in [0.05, 0.1) is 0 Å². The van der Waals surface area contributed by atoms with Gasteiger partial charge in [-0.25, -0.2) is 9.82 Å². The summed E-state index contributed by atoms with van der Waals surface area (Å²) < 4.78 is 37.9. The van der Waals surface area contributed by atoms with Gasteiger partial charge in [-0.3, -0.25) is 5.84 Å². The fourth-order valence-corrected chi connectivity index (χ4v) is 1.22. The van der Waals surface area contributed by atoms with E-state index in [1.807, 2.05) is 5.43 Å². The zero-order chi connectivity index (χ0) is 10.8. The molecule has 0 aromatic heterocycles. The number of rotatable bonds is 3. The predicted molar refractivity (Wildman–Crippen MR) is 47.3 cm³/mol. The van der Waals surface area contributed by atoms with E-state index in [1.165, 1.54) is 12.1 Å². The van der Waals surface area contributed by atoms with Crippen molar-refractivity contribution in [3.05, 3.63) is 35.6 Å². The van der Waals surface area contributed by atoms with Gasteiger partial charge in [0, 0.05) is 0 Å². The lowest BCUT2D eigenvalue weighted by Gasteiger charge is -2.20. The highest BCUT2D eigenvalue weighted by atomic mass is 35.5. The monoisotopic (exact) mass is 224 g/mol.